The summed E-state index contributed by atoms with van der Waals surface area (Å²) in [5, 5.41) is 0. The van der Waals surface area contributed by atoms with Crippen LogP contribution >= 0.6 is 0 Å². The van der Waals surface area contributed by atoms with Crippen molar-refractivity contribution in [2.24, 2.45) is 0 Å². The number of methoxy groups -OCH3 is 2. The van der Waals surface area contributed by atoms with Crippen molar-refractivity contribution in [3.63, 3.8) is 0 Å². The predicted molar refractivity (Wildman–Crippen MR) is 99.9 cm³/mol. The molecule has 0 spiro atoms. The highest BCUT2D eigenvalue weighted by molar-refractivity contribution is 5.78. The van der Waals surface area contributed by atoms with Crippen molar-refractivity contribution in [2.45, 2.75) is 25.8 Å². The molecule has 0 aromatic heterocycles. The highest BCUT2D eigenvalue weighted by atomic mass is 19.1. The Kier molecular flexibility index (Phi) is 5.26. The molecule has 5 nitrogen and oxygen atoms in total. The van der Waals surface area contributed by atoms with Gasteiger partial charge in [-0.15, -0.1) is 0 Å². The van der Waals surface area contributed by atoms with E-state index in [9.17, 15) is 9.18 Å². The van der Waals surface area contributed by atoms with E-state index >= 15 is 0 Å². The Balaban J connectivity index is 1.79. The number of halogens is 1. The Morgan fingerprint density at radius 3 is 2.44 bits per heavy atom. The molecule has 0 fully saturated rings. The van der Waals surface area contributed by atoms with E-state index in [4.69, 9.17) is 14.2 Å². The monoisotopic (exact) mass is 373 g/mol. The van der Waals surface area contributed by atoms with Crippen molar-refractivity contribution in [2.75, 3.05) is 27.4 Å². The second-order valence-corrected chi connectivity index (χ2v) is 7.22. The zero-order valence-corrected chi connectivity index (χ0v) is 16.0. The molecule has 6 heteroatoms. The van der Waals surface area contributed by atoms with E-state index in [1.54, 1.807) is 31.3 Å². The summed E-state index contributed by atoms with van der Waals surface area (Å²) in [6, 6.07) is 9.95. The average Bonchev–Trinajstić information content (AvgIpc) is 2.65. The third-order valence-electron chi connectivity index (χ3n) is 4.83. The lowest BCUT2D eigenvalue weighted by Crippen LogP contribution is -2.46. The number of para-hydroxylation sites is 1. The molecule has 0 saturated carbocycles. The summed E-state index contributed by atoms with van der Waals surface area (Å²) in [6.45, 7) is 4.93. The Hall–Kier alpha value is -2.76. The number of rotatable bonds is 5. The van der Waals surface area contributed by atoms with Gasteiger partial charge in [-0.3, -0.25) is 4.79 Å². The van der Waals surface area contributed by atoms with Gasteiger partial charge in [0.1, 0.15) is 0 Å². The summed E-state index contributed by atoms with van der Waals surface area (Å²) in [4.78, 5) is 14.4. The number of nitrogens with zero attached hydrogens (tertiary/aromatic N) is 1. The van der Waals surface area contributed by atoms with Crippen molar-refractivity contribution in [1.29, 1.82) is 0 Å². The van der Waals surface area contributed by atoms with Crippen LogP contribution in [-0.4, -0.2) is 38.2 Å². The van der Waals surface area contributed by atoms with E-state index < -0.39 is 5.82 Å². The summed E-state index contributed by atoms with van der Waals surface area (Å²) in [5.41, 5.74) is 1.86. The largest absolute Gasteiger partial charge is 0.493 e. The Bertz CT molecular complexity index is 850. The van der Waals surface area contributed by atoms with Crippen molar-refractivity contribution >= 4 is 5.91 Å². The maximum Gasteiger partial charge on any atom is 0.260 e. The molecule has 0 N–H and O–H groups in total. The van der Waals surface area contributed by atoms with Gasteiger partial charge in [-0.25, -0.2) is 4.39 Å². The number of hydrogen-bond donors (Lipinski definition) is 0. The standard InChI is InChI=1S/C21H24FNO4/c1-21(2)13-23(20(24)12-27-17-8-6-5-7-16(17)22)11-14-9-18(25-3)19(26-4)10-15(14)21/h5-10H,11-13H2,1-4H3. The van der Waals surface area contributed by atoms with E-state index in [1.165, 1.54) is 12.1 Å². The van der Waals surface area contributed by atoms with Gasteiger partial charge in [-0.05, 0) is 35.4 Å². The van der Waals surface area contributed by atoms with Crippen molar-refractivity contribution < 1.29 is 23.4 Å². The zero-order valence-electron chi connectivity index (χ0n) is 16.0. The average molecular weight is 373 g/mol. The van der Waals surface area contributed by atoms with Crippen LogP contribution in [0.4, 0.5) is 4.39 Å². The smallest absolute Gasteiger partial charge is 0.260 e. The highest BCUT2D eigenvalue weighted by Gasteiger charge is 2.35. The molecule has 144 valence electrons. The minimum Gasteiger partial charge on any atom is -0.493 e. The van der Waals surface area contributed by atoms with Crippen LogP contribution in [0.1, 0.15) is 25.0 Å². The van der Waals surface area contributed by atoms with Crippen LogP contribution < -0.4 is 14.2 Å². The van der Waals surface area contributed by atoms with Gasteiger partial charge < -0.3 is 19.1 Å². The van der Waals surface area contributed by atoms with Crippen molar-refractivity contribution in [1.82, 2.24) is 4.90 Å². The molecular formula is C21H24FNO4. The second-order valence-electron chi connectivity index (χ2n) is 7.22. The lowest BCUT2D eigenvalue weighted by atomic mass is 9.78. The fourth-order valence-corrected chi connectivity index (χ4v) is 3.47. The fourth-order valence-electron chi connectivity index (χ4n) is 3.47. The van der Waals surface area contributed by atoms with Crippen LogP contribution in [0.25, 0.3) is 0 Å². The zero-order chi connectivity index (χ0) is 19.6. The number of hydrogen-bond acceptors (Lipinski definition) is 4. The first-order valence-electron chi connectivity index (χ1n) is 8.76. The molecule has 1 aliphatic heterocycles. The van der Waals surface area contributed by atoms with Crippen LogP contribution in [-0.2, 0) is 16.8 Å². The molecule has 0 unspecified atom stereocenters. The van der Waals surface area contributed by atoms with Crippen LogP contribution in [0.2, 0.25) is 0 Å². The number of ether oxygens (including phenoxy) is 3. The number of benzene rings is 2. The number of carbonyl (C=O) groups excluding carboxylic acids is 1. The van der Waals surface area contributed by atoms with Gasteiger partial charge in [0.05, 0.1) is 14.2 Å². The highest BCUT2D eigenvalue weighted by Crippen LogP contribution is 2.40. The van der Waals surface area contributed by atoms with Crippen LogP contribution in [0, 0.1) is 5.82 Å². The first kappa shape index (κ1) is 19.0. The summed E-state index contributed by atoms with van der Waals surface area (Å²) in [6.07, 6.45) is 0. The Labute approximate surface area is 158 Å². The molecule has 2 aromatic carbocycles. The molecule has 3 rings (SSSR count). The third-order valence-corrected chi connectivity index (χ3v) is 4.83. The maximum absolute atomic E-state index is 13.7. The summed E-state index contributed by atoms with van der Waals surface area (Å²) in [5.74, 6) is 0.711. The lowest BCUT2D eigenvalue weighted by Gasteiger charge is -2.40. The molecule has 1 aliphatic rings. The Morgan fingerprint density at radius 2 is 1.78 bits per heavy atom. The summed E-state index contributed by atoms with van der Waals surface area (Å²) >= 11 is 0. The molecule has 0 aliphatic carbocycles. The maximum atomic E-state index is 13.7. The van der Waals surface area contributed by atoms with E-state index in [2.05, 4.69) is 13.8 Å². The third kappa shape index (κ3) is 3.84. The van der Waals surface area contributed by atoms with Gasteiger partial charge in [0.15, 0.2) is 29.7 Å². The van der Waals surface area contributed by atoms with Crippen molar-refractivity contribution in [3.05, 3.63) is 53.3 Å². The van der Waals surface area contributed by atoms with Gasteiger partial charge >= 0.3 is 0 Å². The minimum atomic E-state index is -0.480. The number of carbonyl (C=O) groups is 1. The lowest BCUT2D eigenvalue weighted by molar-refractivity contribution is -0.135. The molecule has 1 amide bonds. The molecule has 0 radical (unpaired) electrons. The van der Waals surface area contributed by atoms with Crippen LogP contribution in [0.15, 0.2) is 36.4 Å². The van der Waals surface area contributed by atoms with Gasteiger partial charge in [0.25, 0.3) is 5.91 Å². The molecular weight excluding hydrogens is 349 g/mol. The SMILES string of the molecule is COc1cc2c(cc1OC)C(C)(C)CN(C(=O)COc1ccccc1F)C2. The van der Waals surface area contributed by atoms with E-state index in [0.29, 0.717) is 24.6 Å². The molecule has 27 heavy (non-hydrogen) atoms. The first-order chi connectivity index (χ1) is 12.9. The molecule has 0 bridgehead atoms. The van der Waals surface area contributed by atoms with E-state index in [-0.39, 0.29) is 23.7 Å². The summed E-state index contributed by atoms with van der Waals surface area (Å²) in [7, 11) is 3.19. The Morgan fingerprint density at radius 1 is 1.11 bits per heavy atom. The molecule has 0 atom stereocenters. The van der Waals surface area contributed by atoms with Gasteiger partial charge in [-0.2, -0.15) is 0 Å². The van der Waals surface area contributed by atoms with Crippen LogP contribution in [0.5, 0.6) is 17.2 Å². The van der Waals surface area contributed by atoms with E-state index in [1.807, 2.05) is 12.1 Å². The second kappa shape index (κ2) is 7.47. The topological polar surface area (TPSA) is 48.0 Å². The molecule has 2 aromatic rings. The van der Waals surface area contributed by atoms with E-state index in [0.717, 1.165) is 11.1 Å². The predicted octanol–water partition coefficient (Wildman–Crippen LogP) is 3.54. The first-order valence-corrected chi connectivity index (χ1v) is 8.76. The molecule has 1 heterocycles. The van der Waals surface area contributed by atoms with Gasteiger partial charge in [0.2, 0.25) is 0 Å². The minimum absolute atomic E-state index is 0.0777. The van der Waals surface area contributed by atoms with Gasteiger partial charge in [0, 0.05) is 18.5 Å². The van der Waals surface area contributed by atoms with Crippen LogP contribution in [0.3, 0.4) is 0 Å². The van der Waals surface area contributed by atoms with Crippen molar-refractivity contribution in [3.8, 4) is 17.2 Å². The number of amides is 1. The quantitative estimate of drug-likeness (QED) is 0.804. The normalized spacial score (nSPS) is 15.1. The fraction of sp³-hybridized carbons (Fsp3) is 0.381. The van der Waals surface area contributed by atoms with Gasteiger partial charge in [-0.1, -0.05) is 26.0 Å². The number of fused-ring (bicyclic) bond motifs is 1. The summed E-state index contributed by atoms with van der Waals surface area (Å²) < 4.78 is 29.9. The molecule has 0 saturated heterocycles.